The first kappa shape index (κ1) is 6.84. The van der Waals surface area contributed by atoms with E-state index < -0.39 is 5.97 Å². The van der Waals surface area contributed by atoms with E-state index in [0.717, 1.165) is 0 Å². The van der Waals surface area contributed by atoms with E-state index in [-0.39, 0.29) is 5.84 Å². The highest BCUT2D eigenvalue weighted by Gasteiger charge is 2.20. The molecular formula is C8H5N2O2. The molecule has 4 nitrogen and oxygen atoms in total. The number of rotatable bonds is 1. The SMILES string of the molecule is O=C(O)C1=Nc2ccccc2[N]1. The van der Waals surface area contributed by atoms with E-state index in [1.54, 1.807) is 24.3 Å². The lowest BCUT2D eigenvalue weighted by Crippen LogP contribution is -2.17. The lowest BCUT2D eigenvalue weighted by molar-refractivity contribution is -0.129. The monoisotopic (exact) mass is 161 g/mol. The molecule has 0 spiro atoms. The second-order valence-electron chi connectivity index (χ2n) is 2.34. The summed E-state index contributed by atoms with van der Waals surface area (Å²) < 4.78 is 0. The third kappa shape index (κ3) is 0.934. The number of nitrogens with zero attached hydrogens (tertiary/aromatic N) is 2. The summed E-state index contributed by atoms with van der Waals surface area (Å²) in [6.45, 7) is 0. The molecule has 0 unspecified atom stereocenters. The number of fused-ring (bicyclic) bond motifs is 1. The van der Waals surface area contributed by atoms with E-state index in [1.165, 1.54) is 0 Å². The van der Waals surface area contributed by atoms with Crippen LogP contribution in [0.2, 0.25) is 0 Å². The van der Waals surface area contributed by atoms with Gasteiger partial charge in [0.2, 0.25) is 5.84 Å². The molecule has 1 aliphatic rings. The quantitative estimate of drug-likeness (QED) is 0.669. The number of hydrogen-bond donors (Lipinski definition) is 1. The summed E-state index contributed by atoms with van der Waals surface area (Å²) >= 11 is 0. The molecule has 1 N–H and O–H groups in total. The molecule has 1 heterocycles. The number of carbonyl (C=O) groups is 1. The number of hydrogen-bond acceptors (Lipinski definition) is 2. The molecule has 1 aromatic rings. The van der Waals surface area contributed by atoms with Crippen LogP contribution in [0, 0.1) is 0 Å². The van der Waals surface area contributed by atoms with Crippen molar-refractivity contribution in [3.05, 3.63) is 24.3 Å². The van der Waals surface area contributed by atoms with Crippen LogP contribution in [0.1, 0.15) is 0 Å². The van der Waals surface area contributed by atoms with Crippen molar-refractivity contribution >= 4 is 23.2 Å². The third-order valence-electron chi connectivity index (χ3n) is 1.53. The maximum Gasteiger partial charge on any atom is 0.373 e. The number of amidine groups is 1. The van der Waals surface area contributed by atoms with E-state index >= 15 is 0 Å². The number of para-hydroxylation sites is 2. The predicted octanol–water partition coefficient (Wildman–Crippen LogP) is 1.05. The van der Waals surface area contributed by atoms with Crippen LogP contribution in [0.15, 0.2) is 29.3 Å². The number of carboxylic acid groups (broad SMARTS) is 1. The lowest BCUT2D eigenvalue weighted by Gasteiger charge is -1.92. The van der Waals surface area contributed by atoms with E-state index in [9.17, 15) is 4.79 Å². The van der Waals surface area contributed by atoms with Crippen LogP contribution in [0.4, 0.5) is 11.4 Å². The Balaban J connectivity index is 2.41. The van der Waals surface area contributed by atoms with Gasteiger partial charge in [0.25, 0.3) is 0 Å². The fourth-order valence-corrected chi connectivity index (χ4v) is 1.00. The molecule has 0 aliphatic carbocycles. The summed E-state index contributed by atoms with van der Waals surface area (Å²) in [5, 5.41) is 12.4. The van der Waals surface area contributed by atoms with E-state index in [0.29, 0.717) is 11.4 Å². The molecule has 0 bridgehead atoms. The Kier molecular flexibility index (Phi) is 1.33. The lowest BCUT2D eigenvalue weighted by atomic mass is 10.3. The van der Waals surface area contributed by atoms with Gasteiger partial charge in [-0.15, -0.1) is 0 Å². The third-order valence-corrected chi connectivity index (χ3v) is 1.53. The molecule has 1 radical (unpaired) electrons. The summed E-state index contributed by atoms with van der Waals surface area (Å²) in [4.78, 5) is 14.2. The van der Waals surface area contributed by atoms with Crippen molar-refractivity contribution in [1.29, 1.82) is 0 Å². The Bertz CT molecular complexity index is 371. The molecule has 2 rings (SSSR count). The van der Waals surface area contributed by atoms with Gasteiger partial charge in [-0.3, -0.25) is 0 Å². The molecule has 12 heavy (non-hydrogen) atoms. The maximum atomic E-state index is 10.4. The molecule has 0 amide bonds. The summed E-state index contributed by atoms with van der Waals surface area (Å²) in [6.07, 6.45) is 0. The molecule has 0 fully saturated rings. The van der Waals surface area contributed by atoms with Crippen molar-refractivity contribution in [2.24, 2.45) is 4.99 Å². The van der Waals surface area contributed by atoms with Gasteiger partial charge in [0.05, 0.1) is 11.4 Å². The Morgan fingerprint density at radius 1 is 1.25 bits per heavy atom. The molecular weight excluding hydrogens is 156 g/mol. The van der Waals surface area contributed by atoms with Crippen molar-refractivity contribution < 1.29 is 9.90 Å². The van der Waals surface area contributed by atoms with Crippen molar-refractivity contribution in [1.82, 2.24) is 5.32 Å². The zero-order valence-corrected chi connectivity index (χ0v) is 6.06. The summed E-state index contributed by atoms with van der Waals surface area (Å²) in [5.41, 5.74) is 1.24. The predicted molar refractivity (Wildman–Crippen MR) is 43.0 cm³/mol. The highest BCUT2D eigenvalue weighted by molar-refractivity contribution is 6.37. The van der Waals surface area contributed by atoms with Gasteiger partial charge in [0, 0.05) is 0 Å². The van der Waals surface area contributed by atoms with Crippen LogP contribution in [-0.4, -0.2) is 16.9 Å². The summed E-state index contributed by atoms with van der Waals surface area (Å²) in [6, 6.07) is 7.05. The zero-order chi connectivity index (χ0) is 8.55. The topological polar surface area (TPSA) is 63.8 Å². The van der Waals surface area contributed by atoms with Gasteiger partial charge in [-0.05, 0) is 12.1 Å². The van der Waals surface area contributed by atoms with E-state index in [2.05, 4.69) is 10.3 Å². The highest BCUT2D eigenvalue weighted by Crippen LogP contribution is 2.29. The number of carboxylic acids is 1. The summed E-state index contributed by atoms with van der Waals surface area (Å²) in [7, 11) is 0. The van der Waals surface area contributed by atoms with Crippen LogP contribution in [0.3, 0.4) is 0 Å². The maximum absolute atomic E-state index is 10.4. The molecule has 59 valence electrons. The Hall–Kier alpha value is -1.84. The average Bonchev–Trinajstić information content (AvgIpc) is 2.46. The van der Waals surface area contributed by atoms with Crippen LogP contribution in [0.5, 0.6) is 0 Å². The van der Waals surface area contributed by atoms with Crippen LogP contribution in [-0.2, 0) is 4.79 Å². The van der Waals surface area contributed by atoms with Crippen molar-refractivity contribution in [3.8, 4) is 0 Å². The smallest absolute Gasteiger partial charge is 0.373 e. The van der Waals surface area contributed by atoms with Gasteiger partial charge in [0.15, 0.2) is 0 Å². The molecule has 0 saturated carbocycles. The normalized spacial score (nSPS) is 13.2. The van der Waals surface area contributed by atoms with Crippen molar-refractivity contribution in [2.75, 3.05) is 0 Å². The first-order valence-electron chi connectivity index (χ1n) is 3.40. The van der Waals surface area contributed by atoms with Gasteiger partial charge < -0.3 is 5.11 Å². The first-order chi connectivity index (χ1) is 5.77. The molecule has 0 aromatic heterocycles. The molecule has 1 aromatic carbocycles. The zero-order valence-electron chi connectivity index (χ0n) is 6.06. The first-order valence-corrected chi connectivity index (χ1v) is 3.40. The van der Waals surface area contributed by atoms with Gasteiger partial charge >= 0.3 is 5.97 Å². The minimum atomic E-state index is -1.09. The minimum absolute atomic E-state index is 0.142. The van der Waals surface area contributed by atoms with Gasteiger partial charge in [0.1, 0.15) is 0 Å². The molecule has 0 saturated heterocycles. The molecule has 1 aliphatic heterocycles. The summed E-state index contributed by atoms with van der Waals surface area (Å²) in [5.74, 6) is -1.23. The van der Waals surface area contributed by atoms with Crippen LogP contribution >= 0.6 is 0 Å². The van der Waals surface area contributed by atoms with E-state index in [4.69, 9.17) is 5.11 Å². The number of benzene rings is 1. The largest absolute Gasteiger partial charge is 0.475 e. The van der Waals surface area contributed by atoms with Gasteiger partial charge in [-0.2, -0.15) is 0 Å². The van der Waals surface area contributed by atoms with Crippen LogP contribution in [0.25, 0.3) is 0 Å². The van der Waals surface area contributed by atoms with E-state index in [1.807, 2.05) is 0 Å². The fourth-order valence-electron chi connectivity index (χ4n) is 1.00. The molecule has 4 heteroatoms. The number of aliphatic imine (C=N–C) groups is 1. The fraction of sp³-hybridized carbons (Fsp3) is 0. The van der Waals surface area contributed by atoms with Crippen molar-refractivity contribution in [3.63, 3.8) is 0 Å². The Labute approximate surface area is 68.6 Å². The molecule has 0 atom stereocenters. The van der Waals surface area contributed by atoms with Crippen LogP contribution < -0.4 is 5.32 Å². The van der Waals surface area contributed by atoms with Gasteiger partial charge in [-0.1, -0.05) is 12.1 Å². The number of aliphatic carboxylic acids is 1. The average molecular weight is 161 g/mol. The van der Waals surface area contributed by atoms with Gasteiger partial charge in [-0.25, -0.2) is 15.1 Å². The minimum Gasteiger partial charge on any atom is -0.475 e. The van der Waals surface area contributed by atoms with Crippen molar-refractivity contribution in [2.45, 2.75) is 0 Å². The Morgan fingerprint density at radius 3 is 2.50 bits per heavy atom. The highest BCUT2D eigenvalue weighted by atomic mass is 16.4. The standard InChI is InChI=1S/C8H5N2O2/c11-8(12)7-9-5-3-1-2-4-6(5)10-7/h1-4H,(H,11,12). The Morgan fingerprint density at radius 2 is 1.92 bits per heavy atom. The second kappa shape index (κ2) is 2.34. The second-order valence-corrected chi connectivity index (χ2v) is 2.34.